The maximum atomic E-state index is 12.6. The van der Waals surface area contributed by atoms with Gasteiger partial charge in [0.2, 0.25) is 10.8 Å². The van der Waals surface area contributed by atoms with E-state index in [9.17, 15) is 25.9 Å². The predicted octanol–water partition coefficient (Wildman–Crippen LogP) is 5.87. The van der Waals surface area contributed by atoms with E-state index < -0.39 is 31.2 Å². The molecule has 2 aromatic heterocycles. The maximum absolute atomic E-state index is 12.6. The summed E-state index contributed by atoms with van der Waals surface area (Å²) in [6, 6.07) is 16.2. The van der Waals surface area contributed by atoms with Crippen LogP contribution in [-0.2, 0) is 33.3 Å². The summed E-state index contributed by atoms with van der Waals surface area (Å²) < 4.78 is 72.5. The summed E-state index contributed by atoms with van der Waals surface area (Å²) in [4.78, 5) is 2.71. The molecule has 0 spiro atoms. The molecule has 4 aromatic rings. The van der Waals surface area contributed by atoms with Crippen LogP contribution in [0.15, 0.2) is 88.6 Å². The van der Waals surface area contributed by atoms with E-state index >= 15 is 0 Å². The third-order valence-electron chi connectivity index (χ3n) is 6.98. The Hall–Kier alpha value is -2.49. The minimum atomic E-state index is -4.44. The Labute approximate surface area is 274 Å². The minimum absolute atomic E-state index is 0.0244. The molecule has 3 heterocycles. The normalized spacial score (nSPS) is 15.7. The highest BCUT2D eigenvalue weighted by Gasteiger charge is 2.35. The second-order valence-corrected chi connectivity index (χ2v) is 16.3. The highest BCUT2D eigenvalue weighted by Crippen LogP contribution is 2.47. The summed E-state index contributed by atoms with van der Waals surface area (Å²) in [6.45, 7) is 2.02. The van der Waals surface area contributed by atoms with Gasteiger partial charge in [-0.25, -0.2) is 4.57 Å². The van der Waals surface area contributed by atoms with Gasteiger partial charge < -0.3 is 4.90 Å². The first kappa shape index (κ1) is 32.9. The van der Waals surface area contributed by atoms with Crippen LogP contribution >= 0.6 is 46.3 Å². The number of hydrogen-bond donors (Lipinski definition) is 2. The van der Waals surface area contributed by atoms with Crippen LogP contribution in [0.3, 0.4) is 0 Å². The predicted molar refractivity (Wildman–Crippen MR) is 176 cm³/mol. The number of nitrogens with zero attached hydrogens (tertiary/aromatic N) is 3. The second kappa shape index (κ2) is 13.5. The smallest absolute Gasteiger partial charge is 0.280 e. The number of allylic oxidation sites excluding steroid dienone is 2. The summed E-state index contributed by atoms with van der Waals surface area (Å²) in [5.74, 6) is -0.463. The van der Waals surface area contributed by atoms with Gasteiger partial charge in [0.25, 0.3) is 25.2 Å². The molecule has 232 valence electrons. The van der Waals surface area contributed by atoms with Gasteiger partial charge in [-0.3, -0.25) is 9.11 Å². The third kappa shape index (κ3) is 8.01. The molecule has 9 nitrogen and oxygen atoms in total. The molecule has 0 radical (unpaired) electrons. The molecule has 44 heavy (non-hydrogen) atoms. The maximum Gasteiger partial charge on any atom is 0.280 e. The summed E-state index contributed by atoms with van der Waals surface area (Å²) >= 11 is 15.5. The quantitative estimate of drug-likeness (QED) is 0.146. The number of halogens is 2. The number of rotatable bonds is 11. The molecule has 0 amide bonds. The van der Waals surface area contributed by atoms with E-state index in [1.54, 1.807) is 53.4 Å². The molecular formula is C29H29Cl2N3O6S4+2. The van der Waals surface area contributed by atoms with E-state index in [2.05, 4.69) is 0 Å². The van der Waals surface area contributed by atoms with Crippen molar-refractivity contribution in [1.29, 1.82) is 0 Å². The Kier molecular flexibility index (Phi) is 10.1. The van der Waals surface area contributed by atoms with Gasteiger partial charge >= 0.3 is 0 Å². The summed E-state index contributed by atoms with van der Waals surface area (Å²) in [5, 5.41) is 1.35. The number of anilines is 1. The SMILES string of the molecule is CCC(=Cc1sc2ccc(Cl)cc2[n+]1CC(C[n+]1ccccc1)S(=O)(=O)O)C=C1Sc2ccc(Cl)cc2N1CCS(=O)(=O)O. The highest BCUT2D eigenvalue weighted by atomic mass is 35.5. The summed E-state index contributed by atoms with van der Waals surface area (Å²) in [6.07, 6.45) is 7.99. The molecule has 2 N–H and O–H groups in total. The second-order valence-electron chi connectivity index (χ2n) is 10.1. The van der Waals surface area contributed by atoms with Gasteiger partial charge in [0, 0.05) is 45.8 Å². The fraction of sp³-hybridized carbons (Fsp3) is 0.241. The van der Waals surface area contributed by atoms with Crippen LogP contribution in [0.5, 0.6) is 0 Å². The minimum Gasteiger partial charge on any atom is -0.334 e. The summed E-state index contributed by atoms with van der Waals surface area (Å²) in [5.41, 5.74) is 2.36. The molecule has 1 unspecified atom stereocenters. The van der Waals surface area contributed by atoms with Gasteiger partial charge in [0.15, 0.2) is 25.5 Å². The van der Waals surface area contributed by atoms with Crippen LogP contribution in [-0.4, -0.2) is 43.5 Å². The van der Waals surface area contributed by atoms with Gasteiger partial charge in [0.1, 0.15) is 4.70 Å². The molecule has 2 aromatic carbocycles. The van der Waals surface area contributed by atoms with E-state index in [4.69, 9.17) is 23.2 Å². The van der Waals surface area contributed by atoms with Gasteiger partial charge in [-0.15, -0.1) is 0 Å². The number of pyridine rings is 1. The zero-order valence-electron chi connectivity index (χ0n) is 23.4. The Bertz CT molecular complexity index is 1980. The first-order valence-corrected chi connectivity index (χ1v) is 19.0. The van der Waals surface area contributed by atoms with Crippen LogP contribution in [0, 0.1) is 0 Å². The number of benzene rings is 2. The fourth-order valence-corrected chi connectivity index (χ4v) is 8.51. The van der Waals surface area contributed by atoms with Gasteiger partial charge in [-0.05, 0) is 48.4 Å². The number of hydrogen-bond acceptors (Lipinski definition) is 7. The lowest BCUT2D eigenvalue weighted by molar-refractivity contribution is -0.714. The molecule has 1 aliphatic rings. The monoisotopic (exact) mass is 713 g/mol. The number of fused-ring (bicyclic) bond motifs is 2. The van der Waals surface area contributed by atoms with Crippen LogP contribution in [0.4, 0.5) is 5.69 Å². The van der Waals surface area contributed by atoms with E-state index in [-0.39, 0.29) is 19.6 Å². The average Bonchev–Trinajstić information content (AvgIpc) is 3.46. The lowest BCUT2D eigenvalue weighted by Gasteiger charge is -2.20. The van der Waals surface area contributed by atoms with E-state index in [1.807, 2.05) is 46.7 Å². The largest absolute Gasteiger partial charge is 0.334 e. The molecular weight excluding hydrogens is 686 g/mol. The molecule has 0 saturated heterocycles. The van der Waals surface area contributed by atoms with E-state index in [0.29, 0.717) is 16.5 Å². The van der Waals surface area contributed by atoms with Crippen LogP contribution in [0.2, 0.25) is 10.0 Å². The van der Waals surface area contributed by atoms with Crippen molar-refractivity contribution in [3.8, 4) is 0 Å². The number of thioether (sulfide) groups is 1. The molecule has 1 atom stereocenters. The standard InChI is InChI=1S/C29H27Cl2N3O6S4/c1-2-20(14-28-33(12-13-43(35,36)37)24-16-21(30)6-8-26(24)41-28)15-29-34(25-17-22(31)7-9-27(25)42-29)19-23(44(38,39)40)18-32-10-4-3-5-11-32/h3-11,14-17,23H,2,12-13,18-19H2,1H3/p+2. The zero-order valence-corrected chi connectivity index (χ0v) is 28.2. The first-order chi connectivity index (χ1) is 20.8. The Morgan fingerprint density at radius 3 is 2.39 bits per heavy atom. The Morgan fingerprint density at radius 2 is 1.70 bits per heavy atom. The van der Waals surface area contributed by atoms with E-state index in [0.717, 1.165) is 36.4 Å². The van der Waals surface area contributed by atoms with Crippen LogP contribution in [0.25, 0.3) is 16.3 Å². The third-order valence-corrected chi connectivity index (χ3v) is 11.5. The van der Waals surface area contributed by atoms with Crippen molar-refractivity contribution >= 4 is 88.5 Å². The Balaban J connectivity index is 1.57. The van der Waals surface area contributed by atoms with Gasteiger partial charge in [-0.2, -0.15) is 21.4 Å². The first-order valence-electron chi connectivity index (χ1n) is 13.5. The fourth-order valence-electron chi connectivity index (χ4n) is 4.79. The highest BCUT2D eigenvalue weighted by molar-refractivity contribution is 8.03. The Morgan fingerprint density at radius 1 is 1.00 bits per heavy atom. The van der Waals surface area contributed by atoms with E-state index in [1.165, 1.54) is 23.1 Å². The topological polar surface area (TPSA) is 120 Å². The number of thiazole rings is 1. The van der Waals surface area contributed by atoms with Crippen molar-refractivity contribution in [3.05, 3.63) is 98.7 Å². The zero-order chi connectivity index (χ0) is 31.6. The molecule has 0 saturated carbocycles. The van der Waals surface area contributed by atoms with Crippen LogP contribution in [0.1, 0.15) is 18.4 Å². The lowest BCUT2D eigenvalue weighted by Crippen LogP contribution is -2.50. The molecule has 0 aliphatic carbocycles. The van der Waals surface area contributed by atoms with Crippen molar-refractivity contribution in [1.82, 2.24) is 0 Å². The van der Waals surface area contributed by atoms with Crippen molar-refractivity contribution in [2.24, 2.45) is 0 Å². The van der Waals surface area contributed by atoms with Crippen molar-refractivity contribution < 1.29 is 35.1 Å². The molecule has 15 heteroatoms. The number of aromatic nitrogens is 2. The molecule has 1 aliphatic heterocycles. The molecule has 5 rings (SSSR count). The molecule has 0 bridgehead atoms. The van der Waals surface area contributed by atoms with Gasteiger partial charge in [0.05, 0.1) is 16.5 Å². The average molecular weight is 715 g/mol. The van der Waals surface area contributed by atoms with Crippen molar-refractivity contribution in [2.45, 2.75) is 36.6 Å². The van der Waals surface area contributed by atoms with Crippen molar-refractivity contribution in [3.63, 3.8) is 0 Å². The summed E-state index contributed by atoms with van der Waals surface area (Å²) in [7, 11) is -8.65. The van der Waals surface area contributed by atoms with Crippen LogP contribution < -0.4 is 14.0 Å². The lowest BCUT2D eigenvalue weighted by atomic mass is 10.2. The van der Waals surface area contributed by atoms with Crippen molar-refractivity contribution in [2.75, 3.05) is 17.2 Å². The molecule has 0 fully saturated rings. The van der Waals surface area contributed by atoms with Gasteiger partial charge in [-0.1, -0.05) is 59.3 Å².